The monoisotopic (exact) mass is 430 g/mol. The Morgan fingerprint density at radius 3 is 2.56 bits per heavy atom. The molecule has 0 bridgehead atoms. The first-order valence-electron chi connectivity index (χ1n) is 8.10. The number of ether oxygens (including phenoxy) is 3. The van der Waals surface area contributed by atoms with Crippen LogP contribution >= 0.6 is 15.9 Å². The minimum atomic E-state index is -0.536. The van der Waals surface area contributed by atoms with E-state index in [1.165, 1.54) is 20.3 Å². The van der Waals surface area contributed by atoms with Crippen LogP contribution in [0.2, 0.25) is 0 Å². The van der Waals surface area contributed by atoms with Crippen LogP contribution in [0.3, 0.4) is 0 Å². The Bertz CT molecular complexity index is 903. The van der Waals surface area contributed by atoms with Crippen molar-refractivity contribution in [3.05, 3.63) is 52.0 Å². The number of amides is 1. The molecule has 0 radical (unpaired) electrons. The van der Waals surface area contributed by atoms with Crippen LogP contribution in [-0.4, -0.2) is 26.7 Å². The number of halogens is 1. The summed E-state index contributed by atoms with van der Waals surface area (Å²) in [5, 5.41) is 12.1. The lowest BCUT2D eigenvalue weighted by Crippen LogP contribution is -2.14. The molecule has 1 N–H and O–H groups in total. The molecule has 0 atom stereocenters. The van der Waals surface area contributed by atoms with Gasteiger partial charge in [0.25, 0.3) is 5.91 Å². The number of hydrogen-bond donors (Lipinski definition) is 1. The van der Waals surface area contributed by atoms with E-state index >= 15 is 0 Å². The van der Waals surface area contributed by atoms with Crippen LogP contribution in [0, 0.1) is 11.3 Å². The second-order valence-corrected chi connectivity index (χ2v) is 6.15. The normalized spacial score (nSPS) is 10.7. The summed E-state index contributed by atoms with van der Waals surface area (Å²) in [6.45, 7) is 2.35. The lowest BCUT2D eigenvalue weighted by atomic mass is 10.1. The predicted octanol–water partition coefficient (Wildman–Crippen LogP) is 4.41. The zero-order chi connectivity index (χ0) is 19.8. The molecule has 0 fully saturated rings. The Balaban J connectivity index is 2.34. The summed E-state index contributed by atoms with van der Waals surface area (Å²) in [5.41, 5.74) is 1.05. The van der Waals surface area contributed by atoms with Gasteiger partial charge in [0.1, 0.15) is 17.4 Å². The molecule has 0 heterocycles. The Morgan fingerprint density at radius 2 is 1.93 bits per heavy atom. The van der Waals surface area contributed by atoms with Crippen molar-refractivity contribution in [2.45, 2.75) is 6.92 Å². The van der Waals surface area contributed by atoms with E-state index in [0.717, 1.165) is 0 Å². The number of carbonyl (C=O) groups excluding carboxylic acids is 1. The highest BCUT2D eigenvalue weighted by Gasteiger charge is 2.15. The van der Waals surface area contributed by atoms with Gasteiger partial charge in [0.2, 0.25) is 0 Å². The molecule has 0 saturated carbocycles. The largest absolute Gasteiger partial charge is 0.495 e. The van der Waals surface area contributed by atoms with Crippen molar-refractivity contribution in [3.8, 4) is 23.3 Å². The van der Waals surface area contributed by atoms with Crippen LogP contribution in [0.4, 0.5) is 5.69 Å². The zero-order valence-electron chi connectivity index (χ0n) is 15.2. The summed E-state index contributed by atoms with van der Waals surface area (Å²) in [6.07, 6.45) is 1.48. The van der Waals surface area contributed by atoms with E-state index in [1.807, 2.05) is 13.0 Å². The number of carbonyl (C=O) groups is 1. The topological polar surface area (TPSA) is 80.6 Å². The maximum absolute atomic E-state index is 12.5. The first kappa shape index (κ1) is 20.3. The van der Waals surface area contributed by atoms with Crippen molar-refractivity contribution in [2.24, 2.45) is 0 Å². The number of para-hydroxylation sites is 2. The van der Waals surface area contributed by atoms with Gasteiger partial charge in [-0.1, -0.05) is 12.1 Å². The highest BCUT2D eigenvalue weighted by molar-refractivity contribution is 9.10. The standard InChI is InChI=1S/C20H19BrN2O4/c1-4-27-19-15(21)10-13(11-18(19)26-3)9-14(12-22)20(24)23-16-7-5-6-8-17(16)25-2/h5-11H,4H2,1-3H3,(H,23,24)/b14-9+. The van der Waals surface area contributed by atoms with E-state index in [2.05, 4.69) is 21.2 Å². The number of anilines is 1. The number of benzene rings is 2. The Labute approximate surface area is 166 Å². The average Bonchev–Trinajstić information content (AvgIpc) is 2.68. The third-order valence-electron chi connectivity index (χ3n) is 3.57. The highest BCUT2D eigenvalue weighted by Crippen LogP contribution is 2.37. The van der Waals surface area contributed by atoms with Crippen molar-refractivity contribution in [1.82, 2.24) is 0 Å². The van der Waals surface area contributed by atoms with Gasteiger partial charge in [-0.15, -0.1) is 0 Å². The fraction of sp³-hybridized carbons (Fsp3) is 0.200. The molecule has 0 spiro atoms. The number of nitrogens with zero attached hydrogens (tertiary/aromatic N) is 1. The first-order chi connectivity index (χ1) is 13.0. The van der Waals surface area contributed by atoms with Gasteiger partial charge >= 0.3 is 0 Å². The molecule has 0 aliphatic carbocycles. The van der Waals surface area contributed by atoms with Gasteiger partial charge < -0.3 is 19.5 Å². The van der Waals surface area contributed by atoms with Crippen molar-refractivity contribution in [2.75, 3.05) is 26.1 Å². The van der Waals surface area contributed by atoms with Crippen LogP contribution in [-0.2, 0) is 4.79 Å². The molecule has 0 aromatic heterocycles. The van der Waals surface area contributed by atoms with Crippen LogP contribution in [0.5, 0.6) is 17.2 Å². The van der Waals surface area contributed by atoms with Gasteiger partial charge in [0.15, 0.2) is 11.5 Å². The van der Waals surface area contributed by atoms with Gasteiger partial charge in [-0.3, -0.25) is 4.79 Å². The van der Waals surface area contributed by atoms with Crippen molar-refractivity contribution < 1.29 is 19.0 Å². The zero-order valence-corrected chi connectivity index (χ0v) is 16.8. The summed E-state index contributed by atoms with van der Waals surface area (Å²) in [5.74, 6) is 1.04. The van der Waals surface area contributed by atoms with Gasteiger partial charge in [-0.2, -0.15) is 5.26 Å². The molecule has 0 aliphatic heterocycles. The molecule has 2 aromatic carbocycles. The summed E-state index contributed by atoms with van der Waals surface area (Å²) in [4.78, 5) is 12.5. The van der Waals surface area contributed by atoms with Gasteiger partial charge in [-0.05, 0) is 58.8 Å². The SMILES string of the molecule is CCOc1c(Br)cc(/C=C(\C#N)C(=O)Nc2ccccc2OC)cc1OC. The van der Waals surface area contributed by atoms with Crippen molar-refractivity contribution >= 4 is 33.6 Å². The maximum atomic E-state index is 12.5. The lowest BCUT2D eigenvalue weighted by molar-refractivity contribution is -0.112. The third-order valence-corrected chi connectivity index (χ3v) is 4.16. The molecule has 140 valence electrons. The molecular weight excluding hydrogens is 412 g/mol. The summed E-state index contributed by atoms with van der Waals surface area (Å²) >= 11 is 3.43. The third kappa shape index (κ3) is 5.02. The predicted molar refractivity (Wildman–Crippen MR) is 107 cm³/mol. The summed E-state index contributed by atoms with van der Waals surface area (Å²) < 4.78 is 16.8. The second kappa shape index (κ2) is 9.64. The van der Waals surface area contributed by atoms with Crippen LogP contribution in [0.25, 0.3) is 6.08 Å². The molecule has 2 aromatic rings. The molecule has 6 nitrogen and oxygen atoms in total. The van der Waals surface area contributed by atoms with E-state index in [9.17, 15) is 10.1 Å². The molecule has 0 unspecified atom stereocenters. The molecule has 0 saturated heterocycles. The van der Waals surface area contributed by atoms with Crippen LogP contribution in [0.1, 0.15) is 12.5 Å². The van der Waals surface area contributed by atoms with E-state index in [-0.39, 0.29) is 5.57 Å². The lowest BCUT2D eigenvalue weighted by Gasteiger charge is -2.12. The fourth-order valence-corrected chi connectivity index (χ4v) is 2.93. The number of hydrogen-bond acceptors (Lipinski definition) is 5. The molecular formula is C20H19BrN2O4. The van der Waals surface area contributed by atoms with E-state index < -0.39 is 5.91 Å². The summed E-state index contributed by atoms with van der Waals surface area (Å²) in [7, 11) is 3.03. The smallest absolute Gasteiger partial charge is 0.266 e. The second-order valence-electron chi connectivity index (χ2n) is 5.29. The Kier molecular flexibility index (Phi) is 7.26. The Morgan fingerprint density at radius 1 is 1.22 bits per heavy atom. The van der Waals surface area contributed by atoms with E-state index in [0.29, 0.717) is 39.6 Å². The van der Waals surface area contributed by atoms with Crippen molar-refractivity contribution in [1.29, 1.82) is 5.26 Å². The minimum Gasteiger partial charge on any atom is -0.495 e. The fourth-order valence-electron chi connectivity index (χ4n) is 2.36. The molecule has 7 heteroatoms. The van der Waals surface area contributed by atoms with Crippen LogP contribution < -0.4 is 19.5 Å². The average molecular weight is 431 g/mol. The van der Waals surface area contributed by atoms with E-state index in [4.69, 9.17) is 14.2 Å². The molecule has 0 aliphatic rings. The number of nitriles is 1. The van der Waals surface area contributed by atoms with Crippen molar-refractivity contribution in [3.63, 3.8) is 0 Å². The number of rotatable bonds is 7. The summed E-state index contributed by atoms with van der Waals surface area (Å²) in [6, 6.07) is 12.4. The maximum Gasteiger partial charge on any atom is 0.266 e. The number of nitrogens with one attached hydrogen (secondary N) is 1. The number of methoxy groups -OCH3 is 2. The van der Waals surface area contributed by atoms with Crippen LogP contribution in [0.15, 0.2) is 46.4 Å². The molecule has 2 rings (SSSR count). The van der Waals surface area contributed by atoms with Gasteiger partial charge in [-0.25, -0.2) is 0 Å². The molecule has 27 heavy (non-hydrogen) atoms. The molecule has 1 amide bonds. The van der Waals surface area contributed by atoms with E-state index in [1.54, 1.807) is 36.4 Å². The first-order valence-corrected chi connectivity index (χ1v) is 8.89. The quantitative estimate of drug-likeness (QED) is 0.519. The minimum absolute atomic E-state index is 0.0565. The highest BCUT2D eigenvalue weighted by atomic mass is 79.9. The van der Waals surface area contributed by atoms with Gasteiger partial charge in [0.05, 0.1) is 31.0 Å². The van der Waals surface area contributed by atoms with Gasteiger partial charge in [0, 0.05) is 0 Å². The Hall–Kier alpha value is -2.98.